The van der Waals surface area contributed by atoms with E-state index in [1.165, 1.54) is 13.2 Å². The number of halogens is 1. The van der Waals surface area contributed by atoms with Gasteiger partial charge in [-0.2, -0.15) is 0 Å². The number of benzene rings is 2. The van der Waals surface area contributed by atoms with Crippen LogP contribution < -0.4 is 5.32 Å². The predicted molar refractivity (Wildman–Crippen MR) is 108 cm³/mol. The number of aryl methyl sites for hydroxylation is 2. The number of fused-ring (bicyclic) bond motifs is 1. The van der Waals surface area contributed by atoms with E-state index in [2.05, 4.69) is 31.0 Å². The summed E-state index contributed by atoms with van der Waals surface area (Å²) in [5, 5.41) is 13.8. The normalized spacial score (nSPS) is 10.8. The van der Waals surface area contributed by atoms with Crippen molar-refractivity contribution in [2.24, 2.45) is 0 Å². The van der Waals surface area contributed by atoms with Crippen LogP contribution in [0.1, 0.15) is 27.3 Å². The maximum atomic E-state index is 12.3. The topological polar surface area (TPSA) is 88.5 Å². The Morgan fingerprint density at radius 2 is 2.07 bits per heavy atom. The number of anilines is 1. The maximum Gasteiger partial charge on any atom is 0.341 e. The Bertz CT molecular complexity index is 1030. The Kier molecular flexibility index (Phi) is 5.76. The van der Waals surface area contributed by atoms with Crippen molar-refractivity contribution in [1.82, 2.24) is 4.98 Å². The molecule has 1 aromatic heterocycles. The summed E-state index contributed by atoms with van der Waals surface area (Å²) in [6, 6.07) is 8.99. The average Bonchev–Trinajstić information content (AvgIpc) is 3.05. The summed E-state index contributed by atoms with van der Waals surface area (Å²) in [6.07, 6.45) is 0.696. The number of hydrogen-bond acceptors (Lipinski definition) is 6. The fourth-order valence-electron chi connectivity index (χ4n) is 2.60. The first-order valence-electron chi connectivity index (χ1n) is 8.14. The molecule has 0 saturated heterocycles. The maximum absolute atomic E-state index is 12.3. The van der Waals surface area contributed by atoms with E-state index in [-0.39, 0.29) is 29.3 Å². The highest BCUT2D eigenvalue weighted by molar-refractivity contribution is 9.10. The molecule has 140 valence electrons. The SMILES string of the molecule is COC(=O)c1ccc(C)c(NC(=O)CCc2nc3cc(Br)ccc3s2)c1O. The number of carbonyl (C=O) groups is 2. The van der Waals surface area contributed by atoms with Crippen LogP contribution in [0.15, 0.2) is 34.8 Å². The number of carbonyl (C=O) groups excluding carboxylic acids is 2. The van der Waals surface area contributed by atoms with E-state index < -0.39 is 5.97 Å². The highest BCUT2D eigenvalue weighted by Crippen LogP contribution is 2.32. The van der Waals surface area contributed by atoms with Crippen molar-refractivity contribution in [3.8, 4) is 5.75 Å². The molecule has 0 aliphatic heterocycles. The Hall–Kier alpha value is -2.45. The largest absolute Gasteiger partial charge is 0.505 e. The summed E-state index contributed by atoms with van der Waals surface area (Å²) in [5.74, 6) is -1.22. The number of esters is 1. The van der Waals surface area contributed by atoms with Gasteiger partial charge in [0.05, 0.1) is 28.0 Å². The number of nitrogens with one attached hydrogen (secondary N) is 1. The van der Waals surface area contributed by atoms with E-state index in [1.54, 1.807) is 24.3 Å². The zero-order chi connectivity index (χ0) is 19.6. The minimum Gasteiger partial charge on any atom is -0.505 e. The highest BCUT2D eigenvalue weighted by Gasteiger charge is 2.18. The van der Waals surface area contributed by atoms with Gasteiger partial charge in [-0.25, -0.2) is 9.78 Å². The number of hydrogen-bond donors (Lipinski definition) is 2. The number of nitrogens with zero attached hydrogens (tertiary/aromatic N) is 1. The molecule has 0 unspecified atom stereocenters. The van der Waals surface area contributed by atoms with Crippen molar-refractivity contribution < 1.29 is 19.4 Å². The van der Waals surface area contributed by atoms with Crippen LogP contribution in [-0.4, -0.2) is 29.1 Å². The number of rotatable bonds is 5. The Balaban J connectivity index is 1.71. The van der Waals surface area contributed by atoms with Gasteiger partial charge in [0, 0.05) is 17.3 Å². The molecule has 0 atom stereocenters. The molecule has 1 heterocycles. The molecule has 0 aliphatic rings. The molecule has 8 heteroatoms. The second kappa shape index (κ2) is 8.06. The number of aromatic hydroxyl groups is 1. The first kappa shape index (κ1) is 19.3. The average molecular weight is 449 g/mol. The molecule has 1 amide bonds. The van der Waals surface area contributed by atoms with E-state index in [9.17, 15) is 14.7 Å². The van der Waals surface area contributed by atoms with Gasteiger partial charge >= 0.3 is 5.97 Å². The number of amides is 1. The number of thiazole rings is 1. The molecule has 0 bridgehead atoms. The highest BCUT2D eigenvalue weighted by atomic mass is 79.9. The first-order chi connectivity index (χ1) is 12.9. The molecule has 27 heavy (non-hydrogen) atoms. The summed E-state index contributed by atoms with van der Waals surface area (Å²) in [7, 11) is 1.23. The van der Waals surface area contributed by atoms with E-state index in [0.717, 1.165) is 19.7 Å². The molecule has 2 aromatic carbocycles. The number of ether oxygens (including phenoxy) is 1. The van der Waals surface area contributed by atoms with Crippen molar-refractivity contribution in [2.75, 3.05) is 12.4 Å². The smallest absolute Gasteiger partial charge is 0.341 e. The van der Waals surface area contributed by atoms with Crippen LogP contribution in [0, 0.1) is 6.92 Å². The van der Waals surface area contributed by atoms with Crippen LogP contribution >= 0.6 is 27.3 Å². The van der Waals surface area contributed by atoms with Gasteiger partial charge in [-0.3, -0.25) is 4.79 Å². The van der Waals surface area contributed by atoms with Gasteiger partial charge in [-0.1, -0.05) is 22.0 Å². The molecule has 0 fully saturated rings. The number of methoxy groups -OCH3 is 1. The summed E-state index contributed by atoms with van der Waals surface area (Å²) < 4.78 is 6.66. The molecule has 0 aliphatic carbocycles. The van der Waals surface area contributed by atoms with Crippen molar-refractivity contribution in [3.05, 3.63) is 50.9 Å². The number of phenolic OH excluding ortho intramolecular Hbond substituents is 1. The fraction of sp³-hybridized carbons (Fsp3) is 0.211. The first-order valence-corrected chi connectivity index (χ1v) is 9.75. The molecular weight excluding hydrogens is 432 g/mol. The lowest BCUT2D eigenvalue weighted by molar-refractivity contribution is -0.116. The third kappa shape index (κ3) is 4.28. The zero-order valence-corrected chi connectivity index (χ0v) is 17.1. The molecular formula is C19H17BrN2O4S. The third-order valence-corrected chi connectivity index (χ3v) is 5.61. The van der Waals surface area contributed by atoms with Crippen LogP contribution in [0.3, 0.4) is 0 Å². The van der Waals surface area contributed by atoms with Crippen molar-refractivity contribution in [2.45, 2.75) is 19.8 Å². The van der Waals surface area contributed by atoms with Crippen LogP contribution in [0.2, 0.25) is 0 Å². The Morgan fingerprint density at radius 1 is 1.30 bits per heavy atom. The standard InChI is InChI=1S/C19H17BrN2O4S/c1-10-3-5-12(19(25)26-2)18(24)17(10)22-15(23)7-8-16-21-13-9-11(20)4-6-14(13)27-16/h3-6,9,24H,7-8H2,1-2H3,(H,22,23). The zero-order valence-electron chi connectivity index (χ0n) is 14.7. The predicted octanol–water partition coefficient (Wildman–Crippen LogP) is 4.43. The second-order valence-electron chi connectivity index (χ2n) is 5.91. The minimum atomic E-state index is -0.663. The third-order valence-electron chi connectivity index (χ3n) is 4.02. The number of aromatic nitrogens is 1. The van der Waals surface area contributed by atoms with Gasteiger partial charge in [0.1, 0.15) is 5.56 Å². The lowest BCUT2D eigenvalue weighted by atomic mass is 10.1. The van der Waals surface area contributed by atoms with E-state index in [1.807, 2.05) is 18.2 Å². The molecule has 0 spiro atoms. The lowest BCUT2D eigenvalue weighted by Crippen LogP contribution is -2.14. The molecule has 0 saturated carbocycles. The van der Waals surface area contributed by atoms with Gasteiger partial charge in [0.15, 0.2) is 5.75 Å². The fourth-order valence-corrected chi connectivity index (χ4v) is 3.90. The van der Waals surface area contributed by atoms with E-state index in [0.29, 0.717) is 12.0 Å². The molecule has 3 rings (SSSR count). The molecule has 3 aromatic rings. The Labute approximate surface area is 168 Å². The van der Waals surface area contributed by atoms with Crippen LogP contribution in [0.25, 0.3) is 10.2 Å². The van der Waals surface area contributed by atoms with Gasteiger partial charge in [-0.05, 0) is 36.8 Å². The lowest BCUT2D eigenvalue weighted by Gasteiger charge is -2.12. The van der Waals surface area contributed by atoms with Gasteiger partial charge in [-0.15, -0.1) is 11.3 Å². The molecule has 2 N–H and O–H groups in total. The van der Waals surface area contributed by atoms with Crippen molar-refractivity contribution in [3.63, 3.8) is 0 Å². The van der Waals surface area contributed by atoms with E-state index >= 15 is 0 Å². The van der Waals surface area contributed by atoms with Gasteiger partial charge in [0.2, 0.25) is 5.91 Å². The monoisotopic (exact) mass is 448 g/mol. The Morgan fingerprint density at radius 3 is 2.81 bits per heavy atom. The van der Waals surface area contributed by atoms with Gasteiger partial charge < -0.3 is 15.2 Å². The van der Waals surface area contributed by atoms with E-state index in [4.69, 9.17) is 0 Å². The van der Waals surface area contributed by atoms with Crippen LogP contribution in [0.5, 0.6) is 5.75 Å². The molecule has 6 nitrogen and oxygen atoms in total. The quantitative estimate of drug-likeness (QED) is 0.445. The van der Waals surface area contributed by atoms with Gasteiger partial charge in [0.25, 0.3) is 0 Å². The summed E-state index contributed by atoms with van der Waals surface area (Å²) in [4.78, 5) is 28.6. The second-order valence-corrected chi connectivity index (χ2v) is 7.94. The summed E-state index contributed by atoms with van der Waals surface area (Å²) >= 11 is 4.97. The minimum absolute atomic E-state index is 0.00940. The summed E-state index contributed by atoms with van der Waals surface area (Å²) in [6.45, 7) is 1.74. The number of phenols is 1. The van der Waals surface area contributed by atoms with Crippen molar-refractivity contribution in [1.29, 1.82) is 0 Å². The van der Waals surface area contributed by atoms with Crippen LogP contribution in [0.4, 0.5) is 5.69 Å². The van der Waals surface area contributed by atoms with Crippen LogP contribution in [-0.2, 0) is 16.0 Å². The van der Waals surface area contributed by atoms with Crippen molar-refractivity contribution >= 4 is 55.0 Å². The summed E-state index contributed by atoms with van der Waals surface area (Å²) in [5.41, 5.74) is 1.77. The molecule has 0 radical (unpaired) electrons.